The van der Waals surface area contributed by atoms with Crippen LogP contribution in [0, 0.1) is 6.92 Å². The highest BCUT2D eigenvalue weighted by Crippen LogP contribution is 2.08. The number of amides is 1. The molecule has 2 aromatic rings. The van der Waals surface area contributed by atoms with Crippen molar-refractivity contribution in [3.05, 3.63) is 47.3 Å². The van der Waals surface area contributed by atoms with Gasteiger partial charge in [-0.3, -0.25) is 9.48 Å². The van der Waals surface area contributed by atoms with Gasteiger partial charge in [-0.15, -0.1) is 0 Å². The smallest absolute Gasteiger partial charge is 0.224 e. The predicted octanol–water partition coefficient (Wildman–Crippen LogP) is 1.17. The van der Waals surface area contributed by atoms with Crippen molar-refractivity contribution in [1.29, 1.82) is 0 Å². The summed E-state index contributed by atoms with van der Waals surface area (Å²) >= 11 is 0. The fourth-order valence-corrected chi connectivity index (χ4v) is 1.97. The number of carbonyl (C=O) groups excluding carboxylic acids is 1. The molecule has 19 heavy (non-hydrogen) atoms. The van der Waals surface area contributed by atoms with Gasteiger partial charge in [0.15, 0.2) is 0 Å². The molecule has 1 heterocycles. The van der Waals surface area contributed by atoms with Gasteiger partial charge in [-0.1, -0.05) is 12.1 Å². The average molecular weight is 258 g/mol. The zero-order valence-corrected chi connectivity index (χ0v) is 11.2. The molecule has 0 bridgehead atoms. The van der Waals surface area contributed by atoms with Crippen molar-refractivity contribution >= 4 is 11.6 Å². The number of nitrogen functional groups attached to an aromatic ring is 1. The molecule has 0 aliphatic carbocycles. The van der Waals surface area contributed by atoms with Crippen LogP contribution in [0.3, 0.4) is 0 Å². The van der Waals surface area contributed by atoms with E-state index in [1.807, 2.05) is 38.4 Å². The fourth-order valence-electron chi connectivity index (χ4n) is 1.97. The van der Waals surface area contributed by atoms with E-state index in [1.54, 1.807) is 10.7 Å². The maximum absolute atomic E-state index is 11.8. The predicted molar refractivity (Wildman–Crippen MR) is 74.4 cm³/mol. The number of hydrogen-bond acceptors (Lipinski definition) is 3. The zero-order chi connectivity index (χ0) is 13.8. The first kappa shape index (κ1) is 13.1. The lowest BCUT2D eigenvalue weighted by Crippen LogP contribution is -2.24. The first-order valence-corrected chi connectivity index (χ1v) is 6.15. The van der Waals surface area contributed by atoms with E-state index in [0.717, 1.165) is 16.8 Å². The van der Waals surface area contributed by atoms with E-state index in [-0.39, 0.29) is 5.91 Å². The van der Waals surface area contributed by atoms with Crippen LogP contribution in [0.2, 0.25) is 0 Å². The number of benzene rings is 1. The Labute approximate surface area is 112 Å². The van der Waals surface area contributed by atoms with Crippen molar-refractivity contribution in [2.24, 2.45) is 7.05 Å². The highest BCUT2D eigenvalue weighted by molar-refractivity contribution is 5.78. The van der Waals surface area contributed by atoms with Gasteiger partial charge >= 0.3 is 0 Å². The fraction of sp³-hybridized carbons (Fsp3) is 0.286. The highest BCUT2D eigenvalue weighted by Gasteiger charge is 2.06. The minimum atomic E-state index is -0.0196. The van der Waals surface area contributed by atoms with Crippen LogP contribution in [-0.4, -0.2) is 15.7 Å². The van der Waals surface area contributed by atoms with Gasteiger partial charge in [0.2, 0.25) is 5.91 Å². The molecule has 0 radical (unpaired) electrons. The first-order chi connectivity index (χ1) is 9.04. The van der Waals surface area contributed by atoms with Crippen molar-refractivity contribution in [3.8, 4) is 0 Å². The lowest BCUT2D eigenvalue weighted by atomic mass is 10.1. The molecule has 0 aliphatic rings. The lowest BCUT2D eigenvalue weighted by molar-refractivity contribution is -0.120. The van der Waals surface area contributed by atoms with E-state index in [0.29, 0.717) is 18.7 Å². The van der Waals surface area contributed by atoms with E-state index in [2.05, 4.69) is 10.4 Å². The van der Waals surface area contributed by atoms with Gasteiger partial charge in [-0.2, -0.15) is 5.10 Å². The summed E-state index contributed by atoms with van der Waals surface area (Å²) in [6, 6.07) is 7.36. The summed E-state index contributed by atoms with van der Waals surface area (Å²) < 4.78 is 1.74. The number of hydrogen-bond donors (Lipinski definition) is 2. The van der Waals surface area contributed by atoms with Gasteiger partial charge in [0.25, 0.3) is 0 Å². The molecular weight excluding hydrogens is 240 g/mol. The minimum Gasteiger partial charge on any atom is -0.399 e. The molecule has 0 saturated heterocycles. The quantitative estimate of drug-likeness (QED) is 0.808. The summed E-state index contributed by atoms with van der Waals surface area (Å²) in [6.07, 6.45) is 2.25. The average Bonchev–Trinajstić information content (AvgIpc) is 2.65. The number of carbonyl (C=O) groups is 1. The molecule has 1 aromatic carbocycles. The van der Waals surface area contributed by atoms with Gasteiger partial charge in [-0.05, 0) is 24.6 Å². The number of nitrogens with zero attached hydrogens (tertiary/aromatic N) is 2. The lowest BCUT2D eigenvalue weighted by Gasteiger charge is -2.05. The third kappa shape index (κ3) is 3.58. The van der Waals surface area contributed by atoms with Crippen LogP contribution in [0.25, 0.3) is 0 Å². The number of aryl methyl sites for hydroxylation is 2. The number of nitrogens with one attached hydrogen (secondary N) is 1. The Morgan fingerprint density at radius 3 is 2.89 bits per heavy atom. The third-order valence-corrected chi connectivity index (χ3v) is 2.91. The molecule has 5 heteroatoms. The van der Waals surface area contributed by atoms with E-state index in [4.69, 9.17) is 5.73 Å². The number of rotatable bonds is 4. The van der Waals surface area contributed by atoms with Crippen LogP contribution in [0.15, 0.2) is 30.5 Å². The van der Waals surface area contributed by atoms with Crippen molar-refractivity contribution in [2.45, 2.75) is 19.9 Å². The Morgan fingerprint density at radius 1 is 1.47 bits per heavy atom. The van der Waals surface area contributed by atoms with Gasteiger partial charge < -0.3 is 11.1 Å². The SMILES string of the molecule is Cc1nn(C)cc1CNC(=O)Cc1cccc(N)c1. The second-order valence-corrected chi connectivity index (χ2v) is 4.61. The van der Waals surface area contributed by atoms with Crippen LogP contribution in [0.1, 0.15) is 16.8 Å². The molecule has 0 atom stereocenters. The van der Waals surface area contributed by atoms with Gasteiger partial charge in [0.05, 0.1) is 12.1 Å². The van der Waals surface area contributed by atoms with Crippen molar-refractivity contribution in [3.63, 3.8) is 0 Å². The standard InChI is InChI=1S/C14H18N4O/c1-10-12(9-18(2)17-10)8-16-14(19)7-11-4-3-5-13(15)6-11/h3-6,9H,7-8,15H2,1-2H3,(H,16,19). The summed E-state index contributed by atoms with van der Waals surface area (Å²) in [6.45, 7) is 2.43. The van der Waals surface area contributed by atoms with Crippen molar-refractivity contribution in [1.82, 2.24) is 15.1 Å². The molecule has 0 aliphatic heterocycles. The molecule has 5 nitrogen and oxygen atoms in total. The van der Waals surface area contributed by atoms with Crippen LogP contribution in [0.4, 0.5) is 5.69 Å². The summed E-state index contributed by atoms with van der Waals surface area (Å²) in [5.41, 5.74) is 9.24. The monoisotopic (exact) mass is 258 g/mol. The molecule has 0 saturated carbocycles. The van der Waals surface area contributed by atoms with Gasteiger partial charge in [0, 0.05) is 31.0 Å². The van der Waals surface area contributed by atoms with E-state index in [1.165, 1.54) is 0 Å². The number of nitrogens with two attached hydrogens (primary N) is 1. The Morgan fingerprint density at radius 2 is 2.26 bits per heavy atom. The van der Waals surface area contributed by atoms with Gasteiger partial charge in [0.1, 0.15) is 0 Å². The summed E-state index contributed by atoms with van der Waals surface area (Å²) in [7, 11) is 1.87. The topological polar surface area (TPSA) is 72.9 Å². The largest absolute Gasteiger partial charge is 0.399 e. The molecule has 0 spiro atoms. The Hall–Kier alpha value is -2.30. The second-order valence-electron chi connectivity index (χ2n) is 4.61. The molecule has 0 fully saturated rings. The highest BCUT2D eigenvalue weighted by atomic mass is 16.1. The molecule has 2 rings (SSSR count). The molecule has 3 N–H and O–H groups in total. The summed E-state index contributed by atoms with van der Waals surface area (Å²) in [5, 5.41) is 7.12. The first-order valence-electron chi connectivity index (χ1n) is 6.15. The normalized spacial score (nSPS) is 10.4. The van der Waals surface area contributed by atoms with Crippen LogP contribution in [0.5, 0.6) is 0 Å². The second kappa shape index (κ2) is 5.56. The van der Waals surface area contributed by atoms with Crippen LogP contribution in [-0.2, 0) is 24.8 Å². The van der Waals surface area contributed by atoms with E-state index < -0.39 is 0 Å². The number of aromatic nitrogens is 2. The van der Waals surface area contributed by atoms with Crippen molar-refractivity contribution in [2.75, 3.05) is 5.73 Å². The molecule has 100 valence electrons. The van der Waals surface area contributed by atoms with Crippen LogP contribution < -0.4 is 11.1 Å². The maximum Gasteiger partial charge on any atom is 0.224 e. The molecule has 1 amide bonds. The Kier molecular flexibility index (Phi) is 3.85. The zero-order valence-electron chi connectivity index (χ0n) is 11.2. The van der Waals surface area contributed by atoms with E-state index >= 15 is 0 Å². The minimum absolute atomic E-state index is 0.0196. The van der Waals surface area contributed by atoms with Crippen molar-refractivity contribution < 1.29 is 4.79 Å². The molecule has 1 aromatic heterocycles. The molecular formula is C14H18N4O. The summed E-state index contributed by atoms with van der Waals surface area (Å²) in [4.78, 5) is 11.8. The van der Waals surface area contributed by atoms with E-state index in [9.17, 15) is 4.79 Å². The van der Waals surface area contributed by atoms with Gasteiger partial charge in [-0.25, -0.2) is 0 Å². The van der Waals surface area contributed by atoms with Crippen LogP contribution >= 0.6 is 0 Å². The third-order valence-electron chi connectivity index (χ3n) is 2.91. The number of anilines is 1. The molecule has 0 unspecified atom stereocenters. The summed E-state index contributed by atoms with van der Waals surface area (Å²) in [5.74, 6) is -0.0196. The Bertz CT molecular complexity index is 589. The Balaban J connectivity index is 1.90. The maximum atomic E-state index is 11.8.